The maximum Gasteiger partial charge on any atom is 0.328 e. The van der Waals surface area contributed by atoms with E-state index in [4.69, 9.17) is 0 Å². The van der Waals surface area contributed by atoms with Crippen molar-refractivity contribution in [2.45, 2.75) is 18.9 Å². The molecule has 9 nitrogen and oxygen atoms in total. The molecule has 10 heteroatoms. The van der Waals surface area contributed by atoms with Crippen molar-refractivity contribution in [3.63, 3.8) is 0 Å². The van der Waals surface area contributed by atoms with Crippen LogP contribution >= 0.6 is 0 Å². The quantitative estimate of drug-likeness (QED) is 0.466. The fourth-order valence-electron chi connectivity index (χ4n) is 3.10. The molecule has 0 amide bonds. The monoisotopic (exact) mass is 407 g/mol. The van der Waals surface area contributed by atoms with Gasteiger partial charge in [0.15, 0.2) is 11.1 Å². The van der Waals surface area contributed by atoms with E-state index in [9.17, 15) is 14.3 Å². The Labute approximate surface area is 168 Å². The Morgan fingerprint density at radius 2 is 2.17 bits per heavy atom. The lowest BCUT2D eigenvalue weighted by atomic mass is 10.3. The minimum absolute atomic E-state index is 0.192. The smallest absolute Gasteiger partial charge is 0.328 e. The second-order valence-corrected chi connectivity index (χ2v) is 7.17. The maximum absolute atomic E-state index is 14.1. The van der Waals surface area contributed by atoms with Gasteiger partial charge in [0.05, 0.1) is 17.9 Å². The Morgan fingerprint density at radius 3 is 2.87 bits per heavy atom. The highest BCUT2D eigenvalue weighted by atomic mass is 19.1. The van der Waals surface area contributed by atoms with Crippen molar-refractivity contribution in [3.8, 4) is 5.88 Å². The number of halogens is 1. The average molecular weight is 407 g/mol. The lowest BCUT2D eigenvalue weighted by molar-refractivity contribution is 0.428. The van der Waals surface area contributed by atoms with Gasteiger partial charge in [-0.2, -0.15) is 9.61 Å². The number of nitrogens with one attached hydrogen (secondary N) is 2. The van der Waals surface area contributed by atoms with Gasteiger partial charge in [-0.05, 0) is 31.1 Å². The van der Waals surface area contributed by atoms with Crippen LogP contribution in [0.5, 0.6) is 5.88 Å². The fourth-order valence-corrected chi connectivity index (χ4v) is 3.10. The summed E-state index contributed by atoms with van der Waals surface area (Å²) >= 11 is 0. The van der Waals surface area contributed by atoms with Crippen LogP contribution in [-0.2, 0) is 7.05 Å². The van der Waals surface area contributed by atoms with E-state index in [0.29, 0.717) is 27.9 Å². The molecule has 0 radical (unpaired) electrons. The van der Waals surface area contributed by atoms with Crippen molar-refractivity contribution >= 4 is 23.2 Å². The second-order valence-electron chi connectivity index (χ2n) is 7.17. The molecule has 0 bridgehead atoms. The van der Waals surface area contributed by atoms with E-state index in [1.54, 1.807) is 41.1 Å². The topological polar surface area (TPSA) is 113 Å². The summed E-state index contributed by atoms with van der Waals surface area (Å²) in [5.41, 5.74) is 1.15. The number of aromatic hydroxyl groups is 1. The van der Waals surface area contributed by atoms with Gasteiger partial charge < -0.3 is 15.4 Å². The number of nitrogens with zero attached hydrogens (tertiary/aromatic N) is 5. The van der Waals surface area contributed by atoms with Crippen LogP contribution in [0.1, 0.15) is 18.5 Å². The van der Waals surface area contributed by atoms with Crippen molar-refractivity contribution in [1.82, 2.24) is 24.1 Å². The molecule has 3 N–H and O–H groups in total. The van der Waals surface area contributed by atoms with E-state index in [1.165, 1.54) is 13.1 Å². The highest BCUT2D eigenvalue weighted by Gasteiger charge is 2.20. The number of rotatable bonds is 4. The highest BCUT2D eigenvalue weighted by Crippen LogP contribution is 2.23. The van der Waals surface area contributed by atoms with Crippen molar-refractivity contribution in [3.05, 3.63) is 69.2 Å². The van der Waals surface area contributed by atoms with Crippen LogP contribution in [0.15, 0.2) is 46.3 Å². The molecule has 1 aliphatic carbocycles. The zero-order valence-electron chi connectivity index (χ0n) is 16.0. The SMILES string of the molecule is Cn1c(O)c(C=c2cnn3c(=NC4CC4)cc(Nc4ccccc4F)nc23)[nH]c1=O. The molecule has 0 unspecified atom stereocenters. The molecule has 4 aromatic rings. The first-order valence-electron chi connectivity index (χ1n) is 9.43. The molecule has 0 spiro atoms. The number of H-pyrrole nitrogens is 1. The third-order valence-corrected chi connectivity index (χ3v) is 4.88. The van der Waals surface area contributed by atoms with Gasteiger partial charge in [0.1, 0.15) is 17.3 Å². The number of benzene rings is 1. The molecule has 0 aliphatic heterocycles. The van der Waals surface area contributed by atoms with E-state index in [1.807, 2.05) is 0 Å². The molecular formula is C20H18FN7O2. The second kappa shape index (κ2) is 6.83. The number of para-hydroxylation sites is 1. The summed E-state index contributed by atoms with van der Waals surface area (Å²) in [6.45, 7) is 0. The van der Waals surface area contributed by atoms with Gasteiger partial charge in [0, 0.05) is 18.3 Å². The minimum Gasteiger partial charge on any atom is -0.493 e. The van der Waals surface area contributed by atoms with Gasteiger partial charge in [0.25, 0.3) is 0 Å². The first kappa shape index (κ1) is 18.1. The van der Waals surface area contributed by atoms with Gasteiger partial charge in [-0.1, -0.05) is 12.1 Å². The molecule has 3 aromatic heterocycles. The van der Waals surface area contributed by atoms with Crippen molar-refractivity contribution in [2.75, 3.05) is 5.32 Å². The Bertz CT molecular complexity index is 1450. The lowest BCUT2D eigenvalue weighted by Gasteiger charge is -2.07. The molecule has 3 heterocycles. The number of anilines is 2. The summed E-state index contributed by atoms with van der Waals surface area (Å²) in [5.74, 6) is -0.178. The zero-order chi connectivity index (χ0) is 20.8. The van der Waals surface area contributed by atoms with Crippen LogP contribution in [0, 0.1) is 5.82 Å². The summed E-state index contributed by atoms with van der Waals surface area (Å²) in [7, 11) is 1.46. The highest BCUT2D eigenvalue weighted by molar-refractivity contribution is 5.61. The summed E-state index contributed by atoms with van der Waals surface area (Å²) < 4.78 is 16.8. The van der Waals surface area contributed by atoms with Gasteiger partial charge in [-0.15, -0.1) is 0 Å². The largest absolute Gasteiger partial charge is 0.493 e. The molecule has 5 rings (SSSR count). The number of hydrogen-bond donors (Lipinski definition) is 3. The molecule has 1 aromatic carbocycles. The number of aromatic amines is 1. The molecule has 1 saturated carbocycles. The Balaban J connectivity index is 1.70. The maximum atomic E-state index is 14.1. The Morgan fingerprint density at radius 1 is 1.37 bits per heavy atom. The summed E-state index contributed by atoms with van der Waals surface area (Å²) in [6.07, 6.45) is 5.18. The third kappa shape index (κ3) is 3.21. The van der Waals surface area contributed by atoms with Crippen molar-refractivity contribution in [2.24, 2.45) is 12.0 Å². The first-order valence-corrected chi connectivity index (χ1v) is 9.43. The van der Waals surface area contributed by atoms with E-state index < -0.39 is 11.5 Å². The van der Waals surface area contributed by atoms with Crippen LogP contribution < -0.4 is 21.7 Å². The Kier molecular flexibility index (Phi) is 4.12. The molecular weight excluding hydrogens is 389 g/mol. The van der Waals surface area contributed by atoms with Crippen LogP contribution in [0.25, 0.3) is 11.7 Å². The van der Waals surface area contributed by atoms with Crippen LogP contribution in [0.4, 0.5) is 15.9 Å². The molecule has 0 saturated heterocycles. The lowest BCUT2D eigenvalue weighted by Crippen LogP contribution is -2.20. The molecule has 0 atom stereocenters. The molecule has 30 heavy (non-hydrogen) atoms. The average Bonchev–Trinajstić information content (AvgIpc) is 3.41. The predicted octanol–water partition coefficient (Wildman–Crippen LogP) is 0.955. The third-order valence-electron chi connectivity index (χ3n) is 4.88. The predicted molar refractivity (Wildman–Crippen MR) is 108 cm³/mol. The summed E-state index contributed by atoms with van der Waals surface area (Å²) in [6, 6.07) is 8.28. The number of fused-ring (bicyclic) bond motifs is 1. The molecule has 152 valence electrons. The van der Waals surface area contributed by atoms with Crippen LogP contribution in [0.3, 0.4) is 0 Å². The number of imidazole rings is 1. The molecule has 1 fully saturated rings. The standard InChI is InChI=1S/C20H18FN7O2/c1-27-19(29)15(25-20(27)30)8-11-10-22-28-17(23-12-6-7-12)9-16(26-18(11)28)24-14-5-3-2-4-13(14)21/h2-5,8-10,12,24,29H,6-7H2,1H3,(H,25,30). The van der Waals surface area contributed by atoms with Crippen LogP contribution in [-0.4, -0.2) is 35.3 Å². The minimum atomic E-state index is -0.436. The van der Waals surface area contributed by atoms with Crippen molar-refractivity contribution < 1.29 is 9.50 Å². The zero-order valence-corrected chi connectivity index (χ0v) is 16.0. The van der Waals surface area contributed by atoms with Gasteiger partial charge in [0.2, 0.25) is 5.88 Å². The van der Waals surface area contributed by atoms with Gasteiger partial charge >= 0.3 is 5.69 Å². The first-order chi connectivity index (χ1) is 14.5. The van der Waals surface area contributed by atoms with Gasteiger partial charge in [-0.25, -0.2) is 14.2 Å². The molecule has 1 aliphatic rings. The van der Waals surface area contributed by atoms with E-state index in [0.717, 1.165) is 17.4 Å². The number of hydrogen-bond acceptors (Lipinski definition) is 6. The summed E-state index contributed by atoms with van der Waals surface area (Å²) in [4.78, 5) is 23.6. The summed E-state index contributed by atoms with van der Waals surface area (Å²) in [5, 5.41) is 18.1. The fraction of sp³-hybridized carbons (Fsp3) is 0.200. The van der Waals surface area contributed by atoms with E-state index >= 15 is 0 Å². The number of aromatic nitrogens is 5. The van der Waals surface area contributed by atoms with Crippen molar-refractivity contribution in [1.29, 1.82) is 0 Å². The normalized spacial score (nSPS) is 15.3. The van der Waals surface area contributed by atoms with E-state index in [2.05, 4.69) is 25.4 Å². The Hall–Kier alpha value is -3.95. The van der Waals surface area contributed by atoms with E-state index in [-0.39, 0.29) is 17.6 Å². The van der Waals surface area contributed by atoms with Crippen LogP contribution in [0.2, 0.25) is 0 Å². The van der Waals surface area contributed by atoms with Gasteiger partial charge in [-0.3, -0.25) is 9.56 Å².